The minimum absolute atomic E-state index is 0.0805. The molecule has 1 unspecified atom stereocenters. The molecule has 1 amide bonds. The Morgan fingerprint density at radius 3 is 2.61 bits per heavy atom. The maximum absolute atomic E-state index is 12.4. The van der Waals surface area contributed by atoms with Crippen LogP contribution < -0.4 is 20.1 Å². The second-order valence-electron chi connectivity index (χ2n) is 6.77. The van der Waals surface area contributed by atoms with Crippen molar-refractivity contribution in [2.45, 2.75) is 23.8 Å². The van der Waals surface area contributed by atoms with E-state index in [0.717, 1.165) is 12.8 Å². The fourth-order valence-electron chi connectivity index (χ4n) is 2.95. The molecular weight excluding hydrogens is 506 g/mol. The van der Waals surface area contributed by atoms with E-state index in [-0.39, 0.29) is 22.7 Å². The van der Waals surface area contributed by atoms with Crippen molar-refractivity contribution >= 4 is 54.9 Å². The third-order valence-corrected chi connectivity index (χ3v) is 6.85. The van der Waals surface area contributed by atoms with Crippen molar-refractivity contribution in [1.82, 2.24) is 10.0 Å². The SMILES string of the molecule is COc1ccc(C(=O)NC(=S)Nc2ccc(S(=O)(=O)NCC3CCCO3)cc2)cc1Br. The van der Waals surface area contributed by atoms with Gasteiger partial charge in [-0.3, -0.25) is 10.1 Å². The molecule has 1 atom stereocenters. The number of thiocarbonyl (C=S) groups is 1. The maximum atomic E-state index is 12.4. The van der Waals surface area contributed by atoms with Gasteiger partial charge in [0.15, 0.2) is 5.11 Å². The lowest BCUT2D eigenvalue weighted by atomic mass is 10.2. The Bertz CT molecular complexity index is 1050. The molecule has 2 aromatic rings. The number of amides is 1. The first-order valence-corrected chi connectivity index (χ1v) is 12.1. The molecule has 1 aliphatic heterocycles. The largest absolute Gasteiger partial charge is 0.496 e. The van der Waals surface area contributed by atoms with Crippen LogP contribution in [0.15, 0.2) is 51.8 Å². The van der Waals surface area contributed by atoms with Crippen molar-refractivity contribution in [3.63, 3.8) is 0 Å². The lowest BCUT2D eigenvalue weighted by Gasteiger charge is -2.13. The summed E-state index contributed by atoms with van der Waals surface area (Å²) < 4.78 is 38.6. The molecule has 0 radical (unpaired) electrons. The van der Waals surface area contributed by atoms with Crippen LogP contribution in [-0.4, -0.2) is 45.8 Å². The number of methoxy groups -OCH3 is 1. The summed E-state index contributed by atoms with van der Waals surface area (Å²) in [5.41, 5.74) is 0.940. The van der Waals surface area contributed by atoms with Crippen molar-refractivity contribution in [3.05, 3.63) is 52.5 Å². The molecule has 3 rings (SSSR count). The number of hydrogen-bond donors (Lipinski definition) is 3. The second kappa shape index (κ2) is 10.5. The number of nitrogens with one attached hydrogen (secondary N) is 3. The van der Waals surface area contributed by atoms with E-state index >= 15 is 0 Å². The van der Waals surface area contributed by atoms with Crippen molar-refractivity contribution in [1.29, 1.82) is 0 Å². The standard InChI is InChI=1S/C20H22BrN3O5S2/c1-28-18-9-4-13(11-17(18)21)19(25)24-20(30)23-14-5-7-16(8-6-14)31(26,27)22-12-15-3-2-10-29-15/h4-9,11,15,22H,2-3,10,12H2,1H3,(H2,23,24,25,30). The predicted molar refractivity (Wildman–Crippen MR) is 125 cm³/mol. The Labute approximate surface area is 194 Å². The van der Waals surface area contributed by atoms with Gasteiger partial charge in [0.05, 0.1) is 22.6 Å². The molecule has 0 bridgehead atoms. The normalized spacial score (nSPS) is 16.0. The van der Waals surface area contributed by atoms with Gasteiger partial charge in [0, 0.05) is 24.4 Å². The number of carbonyl (C=O) groups excluding carboxylic acids is 1. The number of sulfonamides is 1. The first-order valence-electron chi connectivity index (χ1n) is 9.46. The number of carbonyl (C=O) groups is 1. The molecule has 31 heavy (non-hydrogen) atoms. The minimum atomic E-state index is -3.63. The van der Waals surface area contributed by atoms with Crippen LogP contribution in [0.4, 0.5) is 5.69 Å². The zero-order valence-corrected chi connectivity index (χ0v) is 19.9. The molecule has 1 aliphatic rings. The van der Waals surface area contributed by atoms with Crippen LogP contribution in [0.2, 0.25) is 0 Å². The van der Waals surface area contributed by atoms with E-state index in [9.17, 15) is 13.2 Å². The zero-order chi connectivity index (χ0) is 22.4. The molecule has 0 aliphatic carbocycles. The molecule has 0 saturated carbocycles. The van der Waals surface area contributed by atoms with Crippen LogP contribution in [0.1, 0.15) is 23.2 Å². The van der Waals surface area contributed by atoms with Crippen LogP contribution in [0.25, 0.3) is 0 Å². The van der Waals surface area contributed by atoms with E-state index in [1.165, 1.54) is 19.2 Å². The van der Waals surface area contributed by atoms with Crippen LogP contribution in [0, 0.1) is 0 Å². The quantitative estimate of drug-likeness (QED) is 0.475. The second-order valence-corrected chi connectivity index (χ2v) is 9.80. The van der Waals surface area contributed by atoms with E-state index < -0.39 is 15.9 Å². The predicted octanol–water partition coefficient (Wildman–Crippen LogP) is 3.04. The van der Waals surface area contributed by atoms with Crippen LogP contribution >= 0.6 is 28.1 Å². The number of rotatable bonds is 7. The number of hydrogen-bond acceptors (Lipinski definition) is 6. The topological polar surface area (TPSA) is 106 Å². The lowest BCUT2D eigenvalue weighted by Crippen LogP contribution is -2.34. The van der Waals surface area contributed by atoms with Gasteiger partial charge in [0.1, 0.15) is 5.75 Å². The summed E-state index contributed by atoms with van der Waals surface area (Å²) in [6.07, 6.45) is 1.71. The molecule has 1 heterocycles. The molecule has 0 aromatic heterocycles. The molecule has 166 valence electrons. The number of halogens is 1. The van der Waals surface area contributed by atoms with Gasteiger partial charge in [0.2, 0.25) is 10.0 Å². The van der Waals surface area contributed by atoms with E-state index in [1.54, 1.807) is 30.3 Å². The monoisotopic (exact) mass is 527 g/mol. The summed E-state index contributed by atoms with van der Waals surface area (Å²) in [6.45, 7) is 0.916. The molecule has 8 nitrogen and oxygen atoms in total. The van der Waals surface area contributed by atoms with E-state index in [1.807, 2.05) is 0 Å². The van der Waals surface area contributed by atoms with Gasteiger partial charge in [-0.25, -0.2) is 13.1 Å². The van der Waals surface area contributed by atoms with Gasteiger partial charge in [-0.05, 0) is 83.5 Å². The van der Waals surface area contributed by atoms with Crippen LogP contribution in [0.3, 0.4) is 0 Å². The van der Waals surface area contributed by atoms with Gasteiger partial charge >= 0.3 is 0 Å². The Kier molecular flexibility index (Phi) is 8.00. The highest BCUT2D eigenvalue weighted by molar-refractivity contribution is 9.10. The lowest BCUT2D eigenvalue weighted by molar-refractivity contribution is 0.0977. The van der Waals surface area contributed by atoms with Crippen molar-refractivity contribution < 1.29 is 22.7 Å². The van der Waals surface area contributed by atoms with Crippen molar-refractivity contribution in [2.75, 3.05) is 25.6 Å². The fraction of sp³-hybridized carbons (Fsp3) is 0.300. The number of anilines is 1. The van der Waals surface area contributed by atoms with Gasteiger partial charge in [-0.2, -0.15) is 0 Å². The van der Waals surface area contributed by atoms with Gasteiger partial charge in [-0.15, -0.1) is 0 Å². The first-order chi connectivity index (χ1) is 14.8. The summed E-state index contributed by atoms with van der Waals surface area (Å²) >= 11 is 8.51. The number of benzene rings is 2. The zero-order valence-electron chi connectivity index (χ0n) is 16.7. The van der Waals surface area contributed by atoms with Gasteiger partial charge < -0.3 is 14.8 Å². The Hall–Kier alpha value is -2.05. The fourth-order valence-corrected chi connectivity index (χ4v) is 4.77. The summed E-state index contributed by atoms with van der Waals surface area (Å²) in [5.74, 6) is 0.218. The maximum Gasteiger partial charge on any atom is 0.257 e. The molecule has 0 spiro atoms. The third kappa shape index (κ3) is 6.47. The molecule has 2 aromatic carbocycles. The summed E-state index contributed by atoms with van der Waals surface area (Å²) in [7, 11) is -2.10. The Balaban J connectivity index is 1.55. The molecule has 1 fully saturated rings. The number of ether oxygens (including phenoxy) is 2. The highest BCUT2D eigenvalue weighted by Crippen LogP contribution is 2.25. The Morgan fingerprint density at radius 1 is 1.26 bits per heavy atom. The molecule has 3 N–H and O–H groups in total. The highest BCUT2D eigenvalue weighted by atomic mass is 79.9. The minimum Gasteiger partial charge on any atom is -0.496 e. The van der Waals surface area contributed by atoms with E-state index in [0.29, 0.717) is 28.1 Å². The third-order valence-electron chi connectivity index (χ3n) is 4.59. The molecule has 1 saturated heterocycles. The summed E-state index contributed by atoms with van der Waals surface area (Å²) in [5, 5.41) is 5.53. The van der Waals surface area contributed by atoms with E-state index in [2.05, 4.69) is 31.3 Å². The van der Waals surface area contributed by atoms with Crippen molar-refractivity contribution in [3.8, 4) is 5.75 Å². The summed E-state index contributed by atoms with van der Waals surface area (Å²) in [6, 6.07) is 11.0. The van der Waals surface area contributed by atoms with Gasteiger partial charge in [0.25, 0.3) is 5.91 Å². The van der Waals surface area contributed by atoms with Crippen LogP contribution in [0.5, 0.6) is 5.75 Å². The Morgan fingerprint density at radius 2 is 2.00 bits per heavy atom. The molecule has 11 heteroatoms. The molecular formula is C20H22BrN3O5S2. The average Bonchev–Trinajstić information content (AvgIpc) is 3.26. The van der Waals surface area contributed by atoms with Crippen LogP contribution in [-0.2, 0) is 14.8 Å². The first kappa shape index (κ1) is 23.6. The van der Waals surface area contributed by atoms with Crippen molar-refractivity contribution in [2.24, 2.45) is 0 Å². The van der Waals surface area contributed by atoms with Gasteiger partial charge in [-0.1, -0.05) is 0 Å². The van der Waals surface area contributed by atoms with E-state index in [4.69, 9.17) is 21.7 Å². The highest BCUT2D eigenvalue weighted by Gasteiger charge is 2.20. The summed E-state index contributed by atoms with van der Waals surface area (Å²) in [4.78, 5) is 12.5. The average molecular weight is 528 g/mol. The smallest absolute Gasteiger partial charge is 0.257 e.